The highest BCUT2D eigenvalue weighted by Gasteiger charge is 2.21. The molecular weight excluding hydrogens is 827 g/mol. The van der Waals surface area contributed by atoms with Crippen LogP contribution >= 0.6 is 0 Å². The van der Waals surface area contributed by atoms with E-state index in [2.05, 4.69) is 234 Å². The highest BCUT2D eigenvalue weighted by Crippen LogP contribution is 2.41. The predicted molar refractivity (Wildman–Crippen MR) is 281 cm³/mol. The number of rotatable bonds is 8. The van der Waals surface area contributed by atoms with E-state index in [1.807, 2.05) is 24.3 Å². The number of para-hydroxylation sites is 2. The van der Waals surface area contributed by atoms with Crippen LogP contribution in [0.25, 0.3) is 123 Å². The average molecular weight is 868 g/mol. The summed E-state index contributed by atoms with van der Waals surface area (Å²) >= 11 is 0. The van der Waals surface area contributed by atoms with Crippen LogP contribution in [-0.4, -0.2) is 24.1 Å². The van der Waals surface area contributed by atoms with Crippen LogP contribution in [0.3, 0.4) is 0 Å². The number of nitrogens with zero attached hydrogens (tertiary/aromatic N) is 5. The molecule has 0 saturated heterocycles. The van der Waals surface area contributed by atoms with Gasteiger partial charge in [-0.05, 0) is 75.8 Å². The first-order chi connectivity index (χ1) is 33.7. The van der Waals surface area contributed by atoms with Crippen molar-refractivity contribution < 1.29 is 0 Å². The molecule has 318 valence electrons. The Morgan fingerprint density at radius 3 is 1.21 bits per heavy atom. The Labute approximate surface area is 393 Å². The average Bonchev–Trinajstić information content (AvgIpc) is 3.93. The molecule has 0 aliphatic carbocycles. The van der Waals surface area contributed by atoms with E-state index >= 15 is 0 Å². The fourth-order valence-electron chi connectivity index (χ4n) is 9.92. The topological polar surface area (TPSA) is 48.5 Å². The molecule has 0 radical (unpaired) electrons. The van der Waals surface area contributed by atoms with Crippen molar-refractivity contribution in [2.24, 2.45) is 0 Å². The smallest absolute Gasteiger partial charge is 0.166 e. The summed E-state index contributed by atoms with van der Waals surface area (Å²) in [7, 11) is 0. The predicted octanol–water partition coefficient (Wildman–Crippen LogP) is 16.1. The molecule has 0 unspecified atom stereocenters. The van der Waals surface area contributed by atoms with E-state index in [0.717, 1.165) is 66.6 Å². The maximum absolute atomic E-state index is 5.29. The Bertz CT molecular complexity index is 3890. The lowest BCUT2D eigenvalue weighted by Gasteiger charge is -2.15. The van der Waals surface area contributed by atoms with Gasteiger partial charge in [-0.2, -0.15) is 0 Å². The van der Waals surface area contributed by atoms with Gasteiger partial charge in [-0.15, -0.1) is 0 Å². The van der Waals surface area contributed by atoms with Gasteiger partial charge in [0.25, 0.3) is 0 Å². The Hall–Kier alpha value is -9.19. The van der Waals surface area contributed by atoms with E-state index in [9.17, 15) is 0 Å². The number of hydrogen-bond acceptors (Lipinski definition) is 3. The minimum atomic E-state index is 0.600. The monoisotopic (exact) mass is 867 g/mol. The van der Waals surface area contributed by atoms with Gasteiger partial charge < -0.3 is 9.13 Å². The number of aromatic nitrogens is 5. The highest BCUT2D eigenvalue weighted by atomic mass is 15.1. The molecule has 0 amide bonds. The van der Waals surface area contributed by atoms with Gasteiger partial charge in [0.2, 0.25) is 0 Å². The first-order valence-electron chi connectivity index (χ1n) is 23.0. The molecule has 10 aromatic carbocycles. The van der Waals surface area contributed by atoms with Gasteiger partial charge >= 0.3 is 0 Å². The van der Waals surface area contributed by atoms with Crippen molar-refractivity contribution in [1.29, 1.82) is 0 Å². The van der Waals surface area contributed by atoms with Gasteiger partial charge in [0.05, 0.1) is 27.8 Å². The molecule has 0 aliphatic heterocycles. The van der Waals surface area contributed by atoms with E-state index in [1.54, 1.807) is 0 Å². The second-order valence-corrected chi connectivity index (χ2v) is 17.2. The standard InChI is InChI=1S/C63H41N5/c1-5-17-42(18-6-1)45-29-31-47(32-30-45)62-64-61(46-23-11-4-12-24-46)65-63(66-62)55-26-14-16-28-57(55)68-56-27-15-13-25-51(56)54-38-35-50(41-60(54)68)67-58-39-48(43-19-7-2-8-20-43)33-36-52(58)53-37-34-49(40-59(53)67)44-21-9-3-10-22-44/h1-41H. The molecule has 0 N–H and O–H groups in total. The van der Waals surface area contributed by atoms with Gasteiger partial charge in [0, 0.05) is 43.9 Å². The van der Waals surface area contributed by atoms with Crippen LogP contribution in [0.5, 0.6) is 0 Å². The second kappa shape index (κ2) is 16.4. The van der Waals surface area contributed by atoms with Crippen LogP contribution in [-0.2, 0) is 0 Å². The SMILES string of the molecule is c1ccc(-c2ccc(-c3nc(-c4ccccc4)nc(-c4ccccc4-n4c5ccccc5c5ccc(-n6c7cc(-c8ccccc8)ccc7c7ccc(-c8ccccc8)cc76)cc54)n3)cc2)cc1. The molecule has 13 aromatic rings. The first kappa shape index (κ1) is 39.2. The van der Waals surface area contributed by atoms with Crippen molar-refractivity contribution in [3.8, 4) is 78.9 Å². The summed E-state index contributed by atoms with van der Waals surface area (Å²) in [6, 6.07) is 88.3. The summed E-state index contributed by atoms with van der Waals surface area (Å²) in [6.07, 6.45) is 0. The van der Waals surface area contributed by atoms with E-state index in [-0.39, 0.29) is 0 Å². The van der Waals surface area contributed by atoms with Crippen LogP contribution in [0.2, 0.25) is 0 Å². The number of fused-ring (bicyclic) bond motifs is 6. The summed E-state index contributed by atoms with van der Waals surface area (Å²) in [4.78, 5) is 15.6. The molecule has 5 heteroatoms. The van der Waals surface area contributed by atoms with Crippen molar-refractivity contribution in [3.05, 3.63) is 249 Å². The minimum Gasteiger partial charge on any atom is -0.309 e. The second-order valence-electron chi connectivity index (χ2n) is 17.2. The van der Waals surface area contributed by atoms with Crippen molar-refractivity contribution in [2.75, 3.05) is 0 Å². The third kappa shape index (κ3) is 6.76. The molecule has 68 heavy (non-hydrogen) atoms. The third-order valence-corrected chi connectivity index (χ3v) is 13.2. The minimum absolute atomic E-state index is 0.600. The summed E-state index contributed by atoms with van der Waals surface area (Å²) in [5, 5.41) is 4.75. The van der Waals surface area contributed by atoms with E-state index < -0.39 is 0 Å². The van der Waals surface area contributed by atoms with Crippen LogP contribution < -0.4 is 0 Å². The fourth-order valence-corrected chi connectivity index (χ4v) is 9.92. The lowest BCUT2D eigenvalue weighted by molar-refractivity contribution is 1.06. The summed E-state index contributed by atoms with van der Waals surface area (Å²) in [5.41, 5.74) is 16.3. The van der Waals surface area contributed by atoms with Crippen LogP contribution in [0.4, 0.5) is 0 Å². The molecule has 0 bridgehead atoms. The van der Waals surface area contributed by atoms with Crippen LogP contribution in [0.15, 0.2) is 249 Å². The molecule has 0 fully saturated rings. The molecule has 0 aliphatic rings. The fraction of sp³-hybridized carbons (Fsp3) is 0. The van der Waals surface area contributed by atoms with Crippen LogP contribution in [0, 0.1) is 0 Å². The Morgan fingerprint density at radius 1 is 0.235 bits per heavy atom. The molecule has 3 heterocycles. The lowest BCUT2D eigenvalue weighted by Crippen LogP contribution is -2.04. The Morgan fingerprint density at radius 2 is 0.618 bits per heavy atom. The Kier molecular flexibility index (Phi) is 9.43. The summed E-state index contributed by atoms with van der Waals surface area (Å²) in [5.74, 6) is 1.83. The zero-order valence-electron chi connectivity index (χ0n) is 36.9. The molecule has 0 spiro atoms. The molecule has 0 saturated carbocycles. The van der Waals surface area contributed by atoms with E-state index in [4.69, 9.17) is 15.0 Å². The maximum atomic E-state index is 5.29. The van der Waals surface area contributed by atoms with Gasteiger partial charge in [-0.1, -0.05) is 206 Å². The number of hydrogen-bond donors (Lipinski definition) is 0. The van der Waals surface area contributed by atoms with Crippen LogP contribution in [0.1, 0.15) is 0 Å². The van der Waals surface area contributed by atoms with Crippen molar-refractivity contribution in [3.63, 3.8) is 0 Å². The van der Waals surface area contributed by atoms with E-state index in [0.29, 0.717) is 17.5 Å². The summed E-state index contributed by atoms with van der Waals surface area (Å²) in [6.45, 7) is 0. The molecule has 13 rings (SSSR count). The van der Waals surface area contributed by atoms with Crippen molar-refractivity contribution in [2.45, 2.75) is 0 Å². The zero-order valence-corrected chi connectivity index (χ0v) is 36.9. The van der Waals surface area contributed by atoms with Gasteiger partial charge in [0.15, 0.2) is 17.5 Å². The lowest BCUT2D eigenvalue weighted by atomic mass is 10.0. The molecule has 3 aromatic heterocycles. The first-order valence-corrected chi connectivity index (χ1v) is 23.0. The zero-order chi connectivity index (χ0) is 45.0. The normalized spacial score (nSPS) is 11.5. The largest absolute Gasteiger partial charge is 0.309 e. The quantitative estimate of drug-likeness (QED) is 0.153. The molecule has 5 nitrogen and oxygen atoms in total. The van der Waals surface area contributed by atoms with Crippen molar-refractivity contribution in [1.82, 2.24) is 24.1 Å². The number of benzene rings is 10. The maximum Gasteiger partial charge on any atom is 0.166 e. The molecule has 0 atom stereocenters. The summed E-state index contributed by atoms with van der Waals surface area (Å²) < 4.78 is 4.84. The van der Waals surface area contributed by atoms with Gasteiger partial charge in [-0.25, -0.2) is 15.0 Å². The third-order valence-electron chi connectivity index (χ3n) is 13.2. The highest BCUT2D eigenvalue weighted by molar-refractivity contribution is 6.13. The van der Waals surface area contributed by atoms with E-state index in [1.165, 1.54) is 38.4 Å². The van der Waals surface area contributed by atoms with Crippen molar-refractivity contribution >= 4 is 43.6 Å². The van der Waals surface area contributed by atoms with Gasteiger partial charge in [0.1, 0.15) is 0 Å². The Balaban J connectivity index is 1.03. The molecular formula is C63H41N5. The van der Waals surface area contributed by atoms with Gasteiger partial charge in [-0.3, -0.25) is 0 Å².